The van der Waals surface area contributed by atoms with Crippen molar-refractivity contribution in [3.05, 3.63) is 10.4 Å². The molecule has 4 N–H and O–H groups in total. The van der Waals surface area contributed by atoms with Crippen LogP contribution in [0.5, 0.6) is 17.4 Å². The minimum atomic E-state index is -0.898. The molecule has 0 aliphatic heterocycles. The Labute approximate surface area is 66.4 Å². The first-order valence-electron chi connectivity index (χ1n) is 2.60. The predicted molar refractivity (Wildman–Crippen MR) is 39.3 cm³/mol. The Morgan fingerprint density at radius 1 is 1.18 bits per heavy atom. The van der Waals surface area contributed by atoms with Crippen molar-refractivity contribution in [1.29, 1.82) is 0 Å². The SMILES string of the molecule is O=c1[nH]c(O)c(O)c(S)c1O. The van der Waals surface area contributed by atoms with E-state index in [9.17, 15) is 4.79 Å². The molecule has 0 fully saturated rings. The minimum Gasteiger partial charge on any atom is -0.502 e. The van der Waals surface area contributed by atoms with Gasteiger partial charge in [0.05, 0.1) is 4.90 Å². The number of aromatic hydroxyl groups is 3. The molecule has 0 aliphatic carbocycles. The van der Waals surface area contributed by atoms with Gasteiger partial charge in [0, 0.05) is 0 Å². The van der Waals surface area contributed by atoms with Crippen molar-refractivity contribution in [2.24, 2.45) is 0 Å². The molecule has 5 nitrogen and oxygen atoms in total. The maximum atomic E-state index is 10.6. The van der Waals surface area contributed by atoms with Gasteiger partial charge < -0.3 is 15.3 Å². The lowest BCUT2D eigenvalue weighted by molar-refractivity contribution is 0.364. The summed E-state index contributed by atoms with van der Waals surface area (Å²) in [4.78, 5) is 12.0. The summed E-state index contributed by atoms with van der Waals surface area (Å²) in [5.74, 6) is -2.08. The van der Waals surface area contributed by atoms with E-state index < -0.39 is 22.9 Å². The molecule has 1 aromatic rings. The van der Waals surface area contributed by atoms with Crippen molar-refractivity contribution in [2.75, 3.05) is 0 Å². The Balaban J connectivity index is 3.59. The van der Waals surface area contributed by atoms with Crippen LogP contribution in [0.25, 0.3) is 0 Å². The van der Waals surface area contributed by atoms with Gasteiger partial charge in [0.15, 0.2) is 11.5 Å². The van der Waals surface area contributed by atoms with Crippen molar-refractivity contribution >= 4 is 12.6 Å². The van der Waals surface area contributed by atoms with Gasteiger partial charge in [-0.1, -0.05) is 0 Å². The van der Waals surface area contributed by atoms with Crippen LogP contribution in [0.2, 0.25) is 0 Å². The third-order valence-electron chi connectivity index (χ3n) is 1.12. The Morgan fingerprint density at radius 3 is 2.27 bits per heavy atom. The Bertz CT molecular complexity index is 345. The number of H-pyrrole nitrogens is 1. The molecule has 1 aromatic heterocycles. The third kappa shape index (κ3) is 1.12. The Hall–Kier alpha value is -1.30. The molecule has 0 aliphatic rings. The summed E-state index contributed by atoms with van der Waals surface area (Å²) in [6.07, 6.45) is 0. The minimum absolute atomic E-state index is 0.341. The maximum absolute atomic E-state index is 10.6. The van der Waals surface area contributed by atoms with E-state index in [0.717, 1.165) is 0 Å². The van der Waals surface area contributed by atoms with Crippen LogP contribution in [0.4, 0.5) is 0 Å². The summed E-state index contributed by atoms with van der Waals surface area (Å²) in [6.45, 7) is 0. The molecule has 60 valence electrons. The fourth-order valence-corrected chi connectivity index (χ4v) is 0.765. The molecule has 0 saturated heterocycles. The molecule has 11 heavy (non-hydrogen) atoms. The summed E-state index contributed by atoms with van der Waals surface area (Å²) in [5.41, 5.74) is -0.898. The van der Waals surface area contributed by atoms with Crippen LogP contribution in [-0.2, 0) is 0 Å². The highest BCUT2D eigenvalue weighted by molar-refractivity contribution is 7.80. The summed E-state index contributed by atoms with van der Waals surface area (Å²) < 4.78 is 0. The highest BCUT2D eigenvalue weighted by Gasteiger charge is 2.11. The quantitative estimate of drug-likeness (QED) is 0.352. The maximum Gasteiger partial charge on any atom is 0.294 e. The summed E-state index contributed by atoms with van der Waals surface area (Å²) >= 11 is 3.57. The van der Waals surface area contributed by atoms with Crippen molar-refractivity contribution in [2.45, 2.75) is 4.90 Å². The number of aromatic amines is 1. The van der Waals surface area contributed by atoms with E-state index in [1.54, 1.807) is 4.98 Å². The second kappa shape index (κ2) is 2.39. The van der Waals surface area contributed by atoms with E-state index in [1.165, 1.54) is 0 Å². The average molecular weight is 175 g/mol. The van der Waals surface area contributed by atoms with Crippen LogP contribution in [0, 0.1) is 0 Å². The number of hydrogen-bond acceptors (Lipinski definition) is 5. The molecular formula is C5H5NO4S. The number of thiol groups is 1. The molecular weight excluding hydrogens is 170 g/mol. The first kappa shape index (κ1) is 7.80. The van der Waals surface area contributed by atoms with Crippen molar-refractivity contribution in [1.82, 2.24) is 4.98 Å². The number of rotatable bonds is 0. The van der Waals surface area contributed by atoms with Crippen molar-refractivity contribution in [3.8, 4) is 17.4 Å². The fourth-order valence-electron chi connectivity index (χ4n) is 0.558. The van der Waals surface area contributed by atoms with E-state index in [-0.39, 0.29) is 4.90 Å². The van der Waals surface area contributed by atoms with E-state index >= 15 is 0 Å². The lowest BCUT2D eigenvalue weighted by atomic mass is 10.4. The molecule has 1 heterocycles. The van der Waals surface area contributed by atoms with Gasteiger partial charge in [-0.25, -0.2) is 0 Å². The van der Waals surface area contributed by atoms with E-state index in [0.29, 0.717) is 0 Å². The monoisotopic (exact) mass is 175 g/mol. The molecule has 0 unspecified atom stereocenters. The van der Waals surface area contributed by atoms with Crippen molar-refractivity contribution < 1.29 is 15.3 Å². The van der Waals surface area contributed by atoms with Crippen LogP contribution in [0.15, 0.2) is 9.69 Å². The van der Waals surface area contributed by atoms with Gasteiger partial charge >= 0.3 is 0 Å². The molecule has 1 rings (SSSR count). The van der Waals surface area contributed by atoms with Crippen LogP contribution in [0.1, 0.15) is 0 Å². The largest absolute Gasteiger partial charge is 0.502 e. The normalized spacial score (nSPS) is 9.91. The van der Waals surface area contributed by atoms with Gasteiger partial charge in [-0.05, 0) is 0 Å². The van der Waals surface area contributed by atoms with Crippen LogP contribution in [0.3, 0.4) is 0 Å². The zero-order valence-electron chi connectivity index (χ0n) is 5.20. The van der Waals surface area contributed by atoms with E-state index in [2.05, 4.69) is 12.6 Å². The lowest BCUT2D eigenvalue weighted by Gasteiger charge is -2.00. The van der Waals surface area contributed by atoms with Crippen LogP contribution < -0.4 is 5.56 Å². The summed E-state index contributed by atoms with van der Waals surface area (Å²) in [5, 5.41) is 26.4. The molecule has 0 aromatic carbocycles. The number of hydrogen-bond donors (Lipinski definition) is 5. The zero-order valence-corrected chi connectivity index (χ0v) is 6.09. The summed E-state index contributed by atoms with van der Waals surface area (Å²) in [7, 11) is 0. The average Bonchev–Trinajstić information content (AvgIpc) is 1.97. The van der Waals surface area contributed by atoms with Crippen LogP contribution in [-0.4, -0.2) is 20.3 Å². The van der Waals surface area contributed by atoms with Gasteiger partial charge in [0.1, 0.15) is 0 Å². The molecule has 0 bridgehead atoms. The molecule has 0 spiro atoms. The van der Waals surface area contributed by atoms with E-state index in [1.807, 2.05) is 0 Å². The molecule has 6 heteroatoms. The fraction of sp³-hybridized carbons (Fsp3) is 0. The first-order valence-corrected chi connectivity index (χ1v) is 3.05. The smallest absolute Gasteiger partial charge is 0.294 e. The highest BCUT2D eigenvalue weighted by Crippen LogP contribution is 2.32. The molecule has 0 radical (unpaired) electrons. The predicted octanol–water partition coefficient (Wildman–Crippen LogP) is -0.220. The van der Waals surface area contributed by atoms with Gasteiger partial charge in [0.25, 0.3) is 5.56 Å². The van der Waals surface area contributed by atoms with E-state index in [4.69, 9.17) is 15.3 Å². The second-order valence-corrected chi connectivity index (χ2v) is 2.30. The second-order valence-electron chi connectivity index (χ2n) is 1.85. The van der Waals surface area contributed by atoms with Crippen LogP contribution >= 0.6 is 12.6 Å². The summed E-state index contributed by atoms with van der Waals surface area (Å²) in [6, 6.07) is 0. The van der Waals surface area contributed by atoms with Crippen molar-refractivity contribution in [3.63, 3.8) is 0 Å². The van der Waals surface area contributed by atoms with Gasteiger partial charge in [-0.15, -0.1) is 12.6 Å². The first-order chi connectivity index (χ1) is 5.04. The molecule has 0 saturated carbocycles. The van der Waals surface area contributed by atoms with Gasteiger partial charge in [-0.2, -0.15) is 0 Å². The number of nitrogens with one attached hydrogen (secondary N) is 1. The number of pyridine rings is 1. The third-order valence-corrected chi connectivity index (χ3v) is 1.54. The molecule has 0 atom stereocenters. The van der Waals surface area contributed by atoms with Gasteiger partial charge in [-0.3, -0.25) is 9.78 Å². The number of aromatic nitrogens is 1. The van der Waals surface area contributed by atoms with Gasteiger partial charge in [0.2, 0.25) is 5.88 Å². The Morgan fingerprint density at radius 2 is 1.73 bits per heavy atom. The Kier molecular flexibility index (Phi) is 1.69. The highest BCUT2D eigenvalue weighted by atomic mass is 32.1. The standard InChI is InChI=1S/C5H5NO4S/c7-1-3(11)2(8)5(10)6-4(1)9/h7-8H,(H3,6,9,10,11). The topological polar surface area (TPSA) is 93.6 Å². The lowest BCUT2D eigenvalue weighted by Crippen LogP contribution is -2.04. The molecule has 0 amide bonds. The zero-order chi connectivity index (χ0) is 8.59.